The first kappa shape index (κ1) is 19.7. The number of hydrazone groups is 1. The van der Waals surface area contributed by atoms with Crippen molar-refractivity contribution in [3.05, 3.63) is 65.4 Å². The Hall–Kier alpha value is -3.59. The molecular weight excluding hydrogens is 398 g/mol. The average molecular weight is 420 g/mol. The topological polar surface area (TPSA) is 111 Å². The summed E-state index contributed by atoms with van der Waals surface area (Å²) in [6, 6.07) is 13.9. The van der Waals surface area contributed by atoms with Gasteiger partial charge in [-0.3, -0.25) is 4.79 Å². The molecule has 0 bridgehead atoms. The van der Waals surface area contributed by atoms with Crippen LogP contribution in [0.1, 0.15) is 16.7 Å². The number of carbonyl (C=O) groups is 1. The van der Waals surface area contributed by atoms with Gasteiger partial charge in [0.25, 0.3) is 0 Å². The van der Waals surface area contributed by atoms with Crippen LogP contribution in [0.15, 0.2) is 58.9 Å². The second-order valence-electron chi connectivity index (χ2n) is 6.73. The van der Waals surface area contributed by atoms with Gasteiger partial charge in [-0.05, 0) is 31.0 Å². The van der Waals surface area contributed by atoms with Crippen molar-refractivity contribution in [2.24, 2.45) is 5.10 Å². The number of amides is 1. The Morgan fingerprint density at radius 2 is 1.97 bits per heavy atom. The van der Waals surface area contributed by atoms with Crippen LogP contribution < -0.4 is 10.7 Å². The Labute approximate surface area is 177 Å². The number of hydrogen-bond donors (Lipinski definition) is 4. The van der Waals surface area contributed by atoms with Gasteiger partial charge in [-0.2, -0.15) is 10.1 Å². The van der Waals surface area contributed by atoms with Crippen LogP contribution in [0.4, 0.5) is 11.6 Å². The molecule has 152 valence electrons. The van der Waals surface area contributed by atoms with Crippen molar-refractivity contribution >= 4 is 46.4 Å². The zero-order valence-corrected chi connectivity index (χ0v) is 17.4. The zero-order valence-electron chi connectivity index (χ0n) is 16.6. The molecule has 0 aliphatic carbocycles. The minimum absolute atomic E-state index is 0.103. The maximum absolute atomic E-state index is 12.3. The predicted octanol–water partition coefficient (Wildman–Crippen LogP) is 4.08. The predicted molar refractivity (Wildman–Crippen MR) is 121 cm³/mol. The smallest absolute Gasteiger partial charge is 0.240 e. The third-order valence-electron chi connectivity index (χ3n) is 4.54. The number of aromatic amines is 2. The number of aromatic nitrogens is 4. The van der Waals surface area contributed by atoms with E-state index in [1.165, 1.54) is 11.8 Å². The first-order chi connectivity index (χ1) is 14.6. The summed E-state index contributed by atoms with van der Waals surface area (Å²) in [4.78, 5) is 19.8. The van der Waals surface area contributed by atoms with Crippen molar-refractivity contribution < 1.29 is 4.79 Å². The maximum atomic E-state index is 12.3. The number of rotatable bonds is 7. The minimum Gasteiger partial charge on any atom is -0.361 e. The summed E-state index contributed by atoms with van der Waals surface area (Å²) in [6.45, 7) is 3.94. The van der Waals surface area contributed by atoms with E-state index in [1.807, 2.05) is 62.5 Å². The number of nitrogens with zero attached hydrogens (tertiary/aromatic N) is 3. The van der Waals surface area contributed by atoms with Gasteiger partial charge in [-0.15, -0.1) is 5.10 Å². The highest BCUT2D eigenvalue weighted by atomic mass is 32.2. The highest BCUT2D eigenvalue weighted by Gasteiger charge is 2.10. The SMILES string of the molecule is Cc1cccc(C)c1NC(=O)CSc1n[nH]c(N/N=C/c2c[nH]c3ccccc23)n1. The number of carbonyl (C=O) groups excluding carboxylic acids is 1. The molecule has 1 amide bonds. The normalized spacial score (nSPS) is 11.3. The number of nitrogens with one attached hydrogen (secondary N) is 4. The molecule has 0 atom stereocenters. The lowest BCUT2D eigenvalue weighted by atomic mass is 10.1. The molecule has 0 saturated heterocycles. The van der Waals surface area contributed by atoms with Gasteiger partial charge in [-0.25, -0.2) is 10.5 Å². The van der Waals surface area contributed by atoms with E-state index in [0.29, 0.717) is 11.1 Å². The van der Waals surface area contributed by atoms with Crippen molar-refractivity contribution in [1.29, 1.82) is 0 Å². The summed E-state index contributed by atoms with van der Waals surface area (Å²) in [6.07, 6.45) is 3.61. The summed E-state index contributed by atoms with van der Waals surface area (Å²) >= 11 is 1.25. The molecule has 4 N–H and O–H groups in total. The summed E-state index contributed by atoms with van der Waals surface area (Å²) in [7, 11) is 0. The lowest BCUT2D eigenvalue weighted by Crippen LogP contribution is -2.15. The van der Waals surface area contributed by atoms with Crippen molar-refractivity contribution in [2.45, 2.75) is 19.0 Å². The number of fused-ring (bicyclic) bond motifs is 1. The summed E-state index contributed by atoms with van der Waals surface area (Å²) in [5.74, 6) is 0.516. The first-order valence-corrected chi connectivity index (χ1v) is 10.3. The van der Waals surface area contributed by atoms with Gasteiger partial charge in [0.15, 0.2) is 0 Å². The van der Waals surface area contributed by atoms with E-state index in [9.17, 15) is 4.79 Å². The molecule has 0 aliphatic heterocycles. The fraction of sp³-hybridized carbons (Fsp3) is 0.143. The zero-order chi connectivity index (χ0) is 20.9. The van der Waals surface area contributed by atoms with Crippen LogP contribution >= 0.6 is 11.8 Å². The van der Waals surface area contributed by atoms with Crippen LogP contribution in [0.3, 0.4) is 0 Å². The average Bonchev–Trinajstić information content (AvgIpc) is 3.37. The maximum Gasteiger partial charge on any atom is 0.240 e. The van der Waals surface area contributed by atoms with E-state index in [0.717, 1.165) is 33.3 Å². The Bertz CT molecular complexity index is 1190. The molecule has 8 nitrogen and oxygen atoms in total. The van der Waals surface area contributed by atoms with Gasteiger partial charge in [-0.1, -0.05) is 48.2 Å². The molecule has 0 unspecified atom stereocenters. The molecule has 0 saturated carbocycles. The fourth-order valence-corrected chi connectivity index (χ4v) is 3.64. The summed E-state index contributed by atoms with van der Waals surface area (Å²) < 4.78 is 0. The van der Waals surface area contributed by atoms with Crippen molar-refractivity contribution in [1.82, 2.24) is 20.2 Å². The highest BCUT2D eigenvalue weighted by Crippen LogP contribution is 2.21. The van der Waals surface area contributed by atoms with Crippen LogP contribution in [0.2, 0.25) is 0 Å². The third-order valence-corrected chi connectivity index (χ3v) is 5.39. The Morgan fingerprint density at radius 1 is 1.17 bits per heavy atom. The van der Waals surface area contributed by atoms with Gasteiger partial charge in [0.1, 0.15) is 0 Å². The van der Waals surface area contributed by atoms with Crippen LogP contribution in [0.25, 0.3) is 10.9 Å². The van der Waals surface area contributed by atoms with E-state index >= 15 is 0 Å². The molecule has 2 heterocycles. The second kappa shape index (κ2) is 8.83. The molecule has 0 aliphatic rings. The number of anilines is 2. The lowest BCUT2D eigenvalue weighted by molar-refractivity contribution is -0.113. The fourth-order valence-electron chi connectivity index (χ4n) is 3.04. The molecule has 9 heteroatoms. The largest absolute Gasteiger partial charge is 0.361 e. The Morgan fingerprint density at radius 3 is 2.80 bits per heavy atom. The quantitative estimate of drug-likeness (QED) is 0.205. The first-order valence-electron chi connectivity index (χ1n) is 9.36. The van der Waals surface area contributed by atoms with Gasteiger partial charge in [0, 0.05) is 28.4 Å². The van der Waals surface area contributed by atoms with E-state index in [1.54, 1.807) is 6.21 Å². The van der Waals surface area contributed by atoms with Gasteiger partial charge < -0.3 is 10.3 Å². The summed E-state index contributed by atoms with van der Waals surface area (Å²) in [5, 5.41) is 15.6. The number of para-hydroxylation sites is 2. The number of hydrogen-bond acceptors (Lipinski definition) is 6. The molecule has 0 radical (unpaired) electrons. The number of benzene rings is 2. The molecule has 0 spiro atoms. The summed E-state index contributed by atoms with van der Waals surface area (Å²) in [5.41, 5.74) is 7.76. The van der Waals surface area contributed by atoms with Gasteiger partial charge in [0.2, 0.25) is 17.0 Å². The highest BCUT2D eigenvalue weighted by molar-refractivity contribution is 7.99. The molecule has 2 aromatic heterocycles. The molecule has 0 fully saturated rings. The van der Waals surface area contributed by atoms with E-state index in [4.69, 9.17) is 0 Å². The lowest BCUT2D eigenvalue weighted by Gasteiger charge is -2.10. The molecule has 4 aromatic rings. The second-order valence-corrected chi connectivity index (χ2v) is 7.67. The van der Waals surface area contributed by atoms with Crippen molar-refractivity contribution in [3.8, 4) is 0 Å². The van der Waals surface area contributed by atoms with Gasteiger partial charge in [0.05, 0.1) is 12.0 Å². The minimum atomic E-state index is -0.103. The van der Waals surface area contributed by atoms with Crippen LogP contribution in [-0.2, 0) is 4.79 Å². The van der Waals surface area contributed by atoms with Crippen LogP contribution in [-0.4, -0.2) is 38.0 Å². The monoisotopic (exact) mass is 419 g/mol. The van der Waals surface area contributed by atoms with Crippen LogP contribution in [0.5, 0.6) is 0 Å². The Kier molecular flexibility index (Phi) is 5.80. The molecule has 4 rings (SSSR count). The van der Waals surface area contributed by atoms with Crippen molar-refractivity contribution in [2.75, 3.05) is 16.5 Å². The number of H-pyrrole nitrogens is 2. The number of thioether (sulfide) groups is 1. The van der Waals surface area contributed by atoms with E-state index < -0.39 is 0 Å². The van der Waals surface area contributed by atoms with Gasteiger partial charge >= 0.3 is 0 Å². The van der Waals surface area contributed by atoms with E-state index in [-0.39, 0.29) is 11.7 Å². The molecule has 30 heavy (non-hydrogen) atoms. The number of aryl methyl sites for hydroxylation is 2. The Balaban J connectivity index is 1.30. The van der Waals surface area contributed by atoms with Crippen LogP contribution in [0, 0.1) is 13.8 Å². The van der Waals surface area contributed by atoms with E-state index in [2.05, 4.69) is 36.0 Å². The standard InChI is InChI=1S/C21H21N7OS/c1-13-6-5-7-14(2)19(13)24-18(29)12-30-21-25-20(27-28-21)26-23-11-15-10-22-17-9-4-3-8-16(15)17/h3-11,22H,12H2,1-2H3,(H,24,29)(H2,25,26,27,28)/b23-11+. The molecular formula is C21H21N7OS. The third kappa shape index (κ3) is 4.52. The van der Waals surface area contributed by atoms with Crippen molar-refractivity contribution in [3.63, 3.8) is 0 Å². The molecule has 2 aromatic carbocycles.